The van der Waals surface area contributed by atoms with Gasteiger partial charge in [0.15, 0.2) is 0 Å². The van der Waals surface area contributed by atoms with E-state index in [2.05, 4.69) is 10.3 Å². The Morgan fingerprint density at radius 2 is 2.11 bits per heavy atom. The van der Waals surface area contributed by atoms with Crippen LogP contribution < -0.4 is 5.32 Å². The van der Waals surface area contributed by atoms with Crippen molar-refractivity contribution < 1.29 is 9.59 Å². The zero-order valence-electron chi connectivity index (χ0n) is 11.5. The molecular formula is C14H19N3O2. The first-order valence-corrected chi connectivity index (χ1v) is 6.54. The molecule has 2 amide bonds. The van der Waals surface area contributed by atoms with Gasteiger partial charge in [-0.25, -0.2) is 0 Å². The SMILES string of the molecule is CCC1NC(=O)C(C)N(Cc2cncc(C)c2)C1=O. The van der Waals surface area contributed by atoms with E-state index in [-0.39, 0.29) is 11.8 Å². The fourth-order valence-corrected chi connectivity index (χ4v) is 2.28. The average Bonchev–Trinajstić information content (AvgIpc) is 2.39. The topological polar surface area (TPSA) is 62.3 Å². The number of nitrogens with zero attached hydrogens (tertiary/aromatic N) is 2. The van der Waals surface area contributed by atoms with E-state index >= 15 is 0 Å². The molecule has 1 aromatic rings. The molecule has 0 aliphatic carbocycles. The lowest BCUT2D eigenvalue weighted by atomic mass is 10.1. The monoisotopic (exact) mass is 261 g/mol. The summed E-state index contributed by atoms with van der Waals surface area (Å²) in [6.45, 7) is 6.03. The molecule has 1 aliphatic rings. The summed E-state index contributed by atoms with van der Waals surface area (Å²) in [6.07, 6.45) is 4.12. The molecular weight excluding hydrogens is 242 g/mol. The number of carbonyl (C=O) groups is 2. The smallest absolute Gasteiger partial charge is 0.246 e. The number of piperazine rings is 1. The van der Waals surface area contributed by atoms with Gasteiger partial charge < -0.3 is 10.2 Å². The highest BCUT2D eigenvalue weighted by Gasteiger charge is 2.36. The van der Waals surface area contributed by atoms with E-state index in [1.54, 1.807) is 24.2 Å². The molecule has 0 radical (unpaired) electrons. The van der Waals surface area contributed by atoms with Gasteiger partial charge in [0.05, 0.1) is 0 Å². The lowest BCUT2D eigenvalue weighted by molar-refractivity contribution is -0.149. The molecule has 19 heavy (non-hydrogen) atoms. The standard InChI is InChI=1S/C14H19N3O2/c1-4-12-14(19)17(10(3)13(18)16-12)8-11-5-9(2)6-15-7-11/h5-7,10,12H,4,8H2,1-3H3,(H,16,18). The molecule has 0 spiro atoms. The quantitative estimate of drug-likeness (QED) is 0.883. The van der Waals surface area contributed by atoms with Crippen molar-refractivity contribution in [1.29, 1.82) is 0 Å². The Morgan fingerprint density at radius 3 is 2.74 bits per heavy atom. The predicted octanol–water partition coefficient (Wildman–Crippen LogP) is 1.02. The van der Waals surface area contributed by atoms with E-state index in [9.17, 15) is 9.59 Å². The Hall–Kier alpha value is -1.91. The molecule has 1 N–H and O–H groups in total. The third-order valence-corrected chi connectivity index (χ3v) is 3.44. The summed E-state index contributed by atoms with van der Waals surface area (Å²) in [5, 5.41) is 2.75. The molecule has 2 rings (SSSR count). The van der Waals surface area contributed by atoms with Gasteiger partial charge in [-0.05, 0) is 31.4 Å². The van der Waals surface area contributed by atoms with Crippen molar-refractivity contribution in [3.63, 3.8) is 0 Å². The Labute approximate surface area is 113 Å². The van der Waals surface area contributed by atoms with Crippen LogP contribution in [-0.2, 0) is 16.1 Å². The van der Waals surface area contributed by atoms with Crippen molar-refractivity contribution in [2.45, 2.75) is 45.8 Å². The van der Waals surface area contributed by atoms with E-state index in [1.165, 1.54) is 0 Å². The van der Waals surface area contributed by atoms with Gasteiger partial charge in [0, 0.05) is 18.9 Å². The second-order valence-corrected chi connectivity index (χ2v) is 4.98. The van der Waals surface area contributed by atoms with Crippen LogP contribution in [0.25, 0.3) is 0 Å². The molecule has 1 aromatic heterocycles. The van der Waals surface area contributed by atoms with Gasteiger partial charge >= 0.3 is 0 Å². The minimum Gasteiger partial charge on any atom is -0.343 e. The molecule has 2 heterocycles. The minimum absolute atomic E-state index is 0.0175. The van der Waals surface area contributed by atoms with Crippen molar-refractivity contribution in [2.75, 3.05) is 0 Å². The summed E-state index contributed by atoms with van der Waals surface area (Å²) in [7, 11) is 0. The van der Waals surface area contributed by atoms with E-state index in [1.807, 2.05) is 19.9 Å². The molecule has 1 fully saturated rings. The second kappa shape index (κ2) is 5.38. The van der Waals surface area contributed by atoms with Gasteiger partial charge in [-0.1, -0.05) is 13.0 Å². The van der Waals surface area contributed by atoms with Gasteiger partial charge in [-0.3, -0.25) is 14.6 Å². The summed E-state index contributed by atoms with van der Waals surface area (Å²) in [6, 6.07) is 1.15. The van der Waals surface area contributed by atoms with Gasteiger partial charge in [0.25, 0.3) is 0 Å². The first-order chi connectivity index (χ1) is 9.02. The van der Waals surface area contributed by atoms with Crippen molar-refractivity contribution in [3.05, 3.63) is 29.6 Å². The molecule has 2 atom stereocenters. The number of pyridine rings is 1. The highest BCUT2D eigenvalue weighted by atomic mass is 16.2. The maximum Gasteiger partial charge on any atom is 0.246 e. The van der Waals surface area contributed by atoms with Crippen molar-refractivity contribution >= 4 is 11.8 Å². The average molecular weight is 261 g/mol. The zero-order valence-corrected chi connectivity index (χ0v) is 11.5. The molecule has 5 heteroatoms. The number of nitrogens with one attached hydrogen (secondary N) is 1. The number of carbonyl (C=O) groups excluding carboxylic acids is 2. The van der Waals surface area contributed by atoms with Crippen LogP contribution >= 0.6 is 0 Å². The zero-order chi connectivity index (χ0) is 14.0. The molecule has 5 nitrogen and oxygen atoms in total. The number of aryl methyl sites for hydroxylation is 1. The van der Waals surface area contributed by atoms with Crippen molar-refractivity contribution in [1.82, 2.24) is 15.2 Å². The maximum atomic E-state index is 12.3. The van der Waals surface area contributed by atoms with E-state index < -0.39 is 12.1 Å². The van der Waals surface area contributed by atoms with Crippen LogP contribution in [0.5, 0.6) is 0 Å². The third-order valence-electron chi connectivity index (χ3n) is 3.44. The van der Waals surface area contributed by atoms with Crippen LogP contribution in [0.3, 0.4) is 0 Å². The van der Waals surface area contributed by atoms with Gasteiger partial charge in [-0.2, -0.15) is 0 Å². The van der Waals surface area contributed by atoms with Crippen LogP contribution in [0.4, 0.5) is 0 Å². The van der Waals surface area contributed by atoms with Crippen LogP contribution in [-0.4, -0.2) is 33.8 Å². The largest absolute Gasteiger partial charge is 0.343 e. The third kappa shape index (κ3) is 2.75. The molecule has 1 aliphatic heterocycles. The van der Waals surface area contributed by atoms with Gasteiger partial charge in [0.2, 0.25) is 11.8 Å². The molecule has 0 aromatic carbocycles. The Morgan fingerprint density at radius 1 is 1.37 bits per heavy atom. The highest BCUT2D eigenvalue weighted by molar-refractivity contribution is 5.96. The summed E-state index contributed by atoms with van der Waals surface area (Å²) in [5.74, 6) is -0.108. The number of rotatable bonds is 3. The van der Waals surface area contributed by atoms with Gasteiger partial charge in [0.1, 0.15) is 12.1 Å². The maximum absolute atomic E-state index is 12.3. The Bertz CT molecular complexity index is 501. The summed E-state index contributed by atoms with van der Waals surface area (Å²) in [5.41, 5.74) is 2.00. The van der Waals surface area contributed by atoms with Crippen LogP contribution in [0.15, 0.2) is 18.5 Å². The highest BCUT2D eigenvalue weighted by Crippen LogP contribution is 2.16. The number of aromatic nitrogens is 1. The first-order valence-electron chi connectivity index (χ1n) is 6.54. The van der Waals surface area contributed by atoms with E-state index in [4.69, 9.17) is 0 Å². The fourth-order valence-electron chi connectivity index (χ4n) is 2.28. The summed E-state index contributed by atoms with van der Waals surface area (Å²) < 4.78 is 0. The number of amides is 2. The normalized spacial score (nSPS) is 23.4. The summed E-state index contributed by atoms with van der Waals surface area (Å²) in [4.78, 5) is 29.9. The van der Waals surface area contributed by atoms with Crippen molar-refractivity contribution in [3.8, 4) is 0 Å². The lowest BCUT2D eigenvalue weighted by Gasteiger charge is -2.37. The number of hydrogen-bond donors (Lipinski definition) is 1. The Balaban J connectivity index is 2.21. The first kappa shape index (κ1) is 13.5. The van der Waals surface area contributed by atoms with Crippen LogP contribution in [0.2, 0.25) is 0 Å². The molecule has 1 saturated heterocycles. The molecule has 0 bridgehead atoms. The van der Waals surface area contributed by atoms with Gasteiger partial charge in [-0.15, -0.1) is 0 Å². The van der Waals surface area contributed by atoms with E-state index in [0.29, 0.717) is 13.0 Å². The fraction of sp³-hybridized carbons (Fsp3) is 0.500. The molecule has 102 valence electrons. The number of hydrogen-bond acceptors (Lipinski definition) is 3. The van der Waals surface area contributed by atoms with E-state index in [0.717, 1.165) is 11.1 Å². The molecule has 2 unspecified atom stereocenters. The Kier molecular flexibility index (Phi) is 3.83. The molecule has 0 saturated carbocycles. The lowest BCUT2D eigenvalue weighted by Crippen LogP contribution is -2.61. The second-order valence-electron chi connectivity index (χ2n) is 4.98. The predicted molar refractivity (Wildman–Crippen MR) is 71.2 cm³/mol. The summed E-state index contributed by atoms with van der Waals surface area (Å²) >= 11 is 0. The van der Waals surface area contributed by atoms with Crippen LogP contribution in [0, 0.1) is 6.92 Å². The van der Waals surface area contributed by atoms with Crippen LogP contribution in [0.1, 0.15) is 31.4 Å². The van der Waals surface area contributed by atoms with Crippen molar-refractivity contribution in [2.24, 2.45) is 0 Å². The minimum atomic E-state index is -0.434.